The Morgan fingerprint density at radius 3 is 1.95 bits per heavy atom. The second kappa shape index (κ2) is 5.36. The lowest BCUT2D eigenvalue weighted by molar-refractivity contribution is 0.549. The van der Waals surface area contributed by atoms with Crippen LogP contribution in [0.5, 0.6) is 0 Å². The van der Waals surface area contributed by atoms with Crippen molar-refractivity contribution in [1.82, 2.24) is 0 Å². The maximum atomic E-state index is 13.8. The lowest BCUT2D eigenvalue weighted by Gasteiger charge is -2.08. The van der Waals surface area contributed by atoms with Gasteiger partial charge in [-0.05, 0) is 24.3 Å². The Balaban J connectivity index is 2.72. The van der Waals surface area contributed by atoms with Crippen LogP contribution in [0.4, 0.5) is 8.78 Å². The summed E-state index contributed by atoms with van der Waals surface area (Å²) in [5, 5.41) is -1.08. The Hall–Kier alpha value is -1.51. The van der Waals surface area contributed by atoms with E-state index in [4.69, 9.17) is 11.6 Å². The summed E-state index contributed by atoms with van der Waals surface area (Å²) >= 11 is 5.28. The normalized spacial score (nSPS) is 12.3. The van der Waals surface area contributed by atoms with Gasteiger partial charge in [0.15, 0.2) is 5.82 Å². The van der Waals surface area contributed by atoms with E-state index < -0.39 is 44.2 Å². The molecule has 0 unspecified atom stereocenters. The molecule has 0 aromatic heterocycles. The highest BCUT2D eigenvalue weighted by Gasteiger charge is 2.37. The predicted octanol–water partition coefficient (Wildman–Crippen LogP) is 2.78. The Bertz CT molecular complexity index is 894. The molecule has 9 heteroatoms. The first-order valence-corrected chi connectivity index (χ1v) is 9.24. The molecule has 2 aromatic rings. The van der Waals surface area contributed by atoms with E-state index in [-0.39, 0.29) is 0 Å². The molecule has 0 bridgehead atoms. The molecule has 0 amide bonds. The minimum absolute atomic E-state index is 0.520. The van der Waals surface area contributed by atoms with E-state index in [9.17, 15) is 25.6 Å². The van der Waals surface area contributed by atoms with Crippen molar-refractivity contribution in [2.45, 2.75) is 9.79 Å². The zero-order valence-electron chi connectivity index (χ0n) is 10.1. The van der Waals surface area contributed by atoms with E-state index in [0.29, 0.717) is 12.1 Å². The fourth-order valence-electron chi connectivity index (χ4n) is 1.53. The fraction of sp³-hybridized carbons (Fsp3) is 0. The van der Waals surface area contributed by atoms with Crippen LogP contribution in [0.25, 0.3) is 0 Å². The molecule has 0 saturated carbocycles. The number of benzene rings is 2. The van der Waals surface area contributed by atoms with E-state index in [2.05, 4.69) is 0 Å². The molecule has 0 aliphatic rings. The van der Waals surface area contributed by atoms with Crippen LogP contribution in [-0.4, -0.2) is 16.8 Å². The van der Waals surface area contributed by atoms with Gasteiger partial charge < -0.3 is 0 Å². The highest BCUT2D eigenvalue weighted by molar-refractivity contribution is 8.67. The van der Waals surface area contributed by atoms with Gasteiger partial charge in [0.2, 0.25) is 0 Å². The third-order valence-corrected chi connectivity index (χ3v) is 8.07. The standard InChI is InChI=1S/C12H7ClF2O4S2/c13-11-9(14)6-7-10(12(11)15)21(18,19)20(16,17)8-4-2-1-3-5-8/h1-7H. The molecule has 2 rings (SSSR count). The molecule has 0 aliphatic carbocycles. The Morgan fingerprint density at radius 2 is 1.38 bits per heavy atom. The van der Waals surface area contributed by atoms with Gasteiger partial charge in [0, 0.05) is 0 Å². The largest absolute Gasteiger partial charge is 0.289 e. The van der Waals surface area contributed by atoms with Gasteiger partial charge in [0.1, 0.15) is 15.7 Å². The van der Waals surface area contributed by atoms with Gasteiger partial charge in [-0.2, -0.15) is 0 Å². The summed E-state index contributed by atoms with van der Waals surface area (Å²) < 4.78 is 75.3. The van der Waals surface area contributed by atoms with E-state index in [1.54, 1.807) is 0 Å². The molecule has 0 saturated heterocycles. The molecule has 112 valence electrons. The zero-order chi connectivity index (χ0) is 15.8. The van der Waals surface area contributed by atoms with Crippen molar-refractivity contribution < 1.29 is 25.6 Å². The molecule has 21 heavy (non-hydrogen) atoms. The van der Waals surface area contributed by atoms with Crippen LogP contribution in [0.3, 0.4) is 0 Å². The lowest BCUT2D eigenvalue weighted by Crippen LogP contribution is -2.17. The molecular weight excluding hydrogens is 346 g/mol. The van der Waals surface area contributed by atoms with Crippen molar-refractivity contribution in [3.63, 3.8) is 0 Å². The SMILES string of the molecule is O=S(=O)(c1ccccc1)S(=O)(=O)c1ccc(F)c(Cl)c1F. The van der Waals surface area contributed by atoms with Gasteiger partial charge >= 0.3 is 0 Å². The molecule has 0 heterocycles. The summed E-state index contributed by atoms with van der Waals surface area (Å²) in [5.41, 5.74) is 0. The fourth-order valence-corrected chi connectivity index (χ4v) is 5.48. The third kappa shape index (κ3) is 2.54. The van der Waals surface area contributed by atoms with Crippen molar-refractivity contribution in [3.8, 4) is 0 Å². The van der Waals surface area contributed by atoms with E-state index >= 15 is 0 Å². The summed E-state index contributed by atoms with van der Waals surface area (Å²) in [6.45, 7) is 0. The van der Waals surface area contributed by atoms with Crippen LogP contribution in [0.15, 0.2) is 52.3 Å². The smallest absolute Gasteiger partial charge is 0.207 e. The van der Waals surface area contributed by atoms with E-state index in [1.807, 2.05) is 0 Å². The molecule has 0 spiro atoms. The van der Waals surface area contributed by atoms with E-state index in [0.717, 1.165) is 12.1 Å². The van der Waals surface area contributed by atoms with Crippen LogP contribution < -0.4 is 0 Å². The Morgan fingerprint density at radius 1 is 0.810 bits per heavy atom. The van der Waals surface area contributed by atoms with Crippen molar-refractivity contribution in [2.75, 3.05) is 0 Å². The van der Waals surface area contributed by atoms with Crippen LogP contribution in [0.1, 0.15) is 0 Å². The van der Waals surface area contributed by atoms with Gasteiger partial charge in [-0.1, -0.05) is 29.8 Å². The summed E-state index contributed by atoms with van der Waals surface area (Å²) in [6.07, 6.45) is 0. The quantitative estimate of drug-likeness (QED) is 0.629. The molecule has 0 N–H and O–H groups in total. The van der Waals surface area contributed by atoms with Crippen molar-refractivity contribution in [1.29, 1.82) is 0 Å². The maximum Gasteiger partial charge on any atom is 0.289 e. The maximum absolute atomic E-state index is 13.8. The van der Waals surface area contributed by atoms with E-state index in [1.165, 1.54) is 18.2 Å². The first-order chi connectivity index (χ1) is 9.69. The molecule has 0 radical (unpaired) electrons. The summed E-state index contributed by atoms with van der Waals surface area (Å²) in [7, 11) is -10.0. The number of halogens is 3. The minimum atomic E-state index is -5.12. The number of rotatable bonds is 3. The second-order valence-electron chi connectivity index (χ2n) is 3.89. The van der Waals surface area contributed by atoms with Crippen LogP contribution in [-0.2, 0) is 17.7 Å². The Kier molecular flexibility index (Phi) is 4.05. The lowest BCUT2D eigenvalue weighted by atomic mass is 10.3. The molecule has 2 aromatic carbocycles. The number of hydrogen-bond donors (Lipinski definition) is 0. The first-order valence-electron chi connectivity index (χ1n) is 5.38. The van der Waals surface area contributed by atoms with Gasteiger partial charge in [-0.3, -0.25) is 0 Å². The summed E-state index contributed by atoms with van der Waals surface area (Å²) in [4.78, 5) is -1.72. The predicted molar refractivity (Wildman–Crippen MR) is 72.2 cm³/mol. The minimum Gasteiger partial charge on any atom is -0.207 e. The van der Waals surface area contributed by atoms with Gasteiger partial charge in [-0.15, -0.1) is 0 Å². The van der Waals surface area contributed by atoms with Crippen LogP contribution in [0.2, 0.25) is 5.02 Å². The second-order valence-corrected chi connectivity index (χ2v) is 9.63. The van der Waals surface area contributed by atoms with Crippen molar-refractivity contribution >= 4 is 29.3 Å². The van der Waals surface area contributed by atoms with Crippen molar-refractivity contribution in [3.05, 3.63) is 59.1 Å². The summed E-state index contributed by atoms with van der Waals surface area (Å²) in [5.74, 6) is -2.83. The first kappa shape index (κ1) is 15.9. The number of hydrogen-bond acceptors (Lipinski definition) is 4. The summed E-state index contributed by atoms with van der Waals surface area (Å²) in [6, 6.07) is 7.32. The molecule has 0 fully saturated rings. The molecule has 0 aliphatic heterocycles. The topological polar surface area (TPSA) is 68.3 Å². The van der Waals surface area contributed by atoms with Crippen LogP contribution in [0, 0.1) is 11.6 Å². The van der Waals surface area contributed by atoms with Gasteiger partial charge in [0.05, 0.1) is 4.90 Å². The van der Waals surface area contributed by atoms with Crippen LogP contribution >= 0.6 is 11.6 Å². The molecular formula is C12H7ClF2O4S2. The average Bonchev–Trinajstić information content (AvgIpc) is 2.45. The highest BCUT2D eigenvalue weighted by Crippen LogP contribution is 2.30. The van der Waals surface area contributed by atoms with Crippen molar-refractivity contribution in [2.24, 2.45) is 0 Å². The Labute approximate surface area is 124 Å². The molecule has 0 atom stereocenters. The third-order valence-electron chi connectivity index (χ3n) is 2.59. The highest BCUT2D eigenvalue weighted by atomic mass is 35.5. The average molecular weight is 353 g/mol. The van der Waals surface area contributed by atoms with Gasteiger partial charge in [-0.25, -0.2) is 25.6 Å². The van der Waals surface area contributed by atoms with Gasteiger partial charge in [0.25, 0.3) is 17.7 Å². The zero-order valence-corrected chi connectivity index (χ0v) is 12.5. The monoisotopic (exact) mass is 352 g/mol. The molecule has 4 nitrogen and oxygen atoms in total.